The molecule has 2 aromatic carbocycles. The molecule has 6 heteroatoms. The zero-order valence-corrected chi connectivity index (χ0v) is 12.5. The van der Waals surface area contributed by atoms with Gasteiger partial charge in [0.05, 0.1) is 22.3 Å². The molecule has 0 saturated heterocycles. The number of benzene rings is 2. The molecule has 0 saturated carbocycles. The van der Waals surface area contributed by atoms with Crippen molar-refractivity contribution in [1.29, 1.82) is 5.26 Å². The standard InChI is InChI=1S/C16H15NO4S/c17-10-13-6-8-15(9-7-13)21-11-14(18)12-22(19,20)16-4-2-1-3-5-16/h1-9,14,18H,11-12H2/t14-/m1/s1. The molecule has 0 amide bonds. The highest BCUT2D eigenvalue weighted by molar-refractivity contribution is 7.91. The van der Waals surface area contributed by atoms with Crippen molar-refractivity contribution in [3.63, 3.8) is 0 Å². The highest BCUT2D eigenvalue weighted by atomic mass is 32.2. The van der Waals surface area contributed by atoms with E-state index in [1.54, 1.807) is 42.5 Å². The largest absolute Gasteiger partial charge is 0.491 e. The van der Waals surface area contributed by atoms with E-state index >= 15 is 0 Å². The molecule has 0 bridgehead atoms. The predicted molar refractivity (Wildman–Crippen MR) is 81.2 cm³/mol. The molecule has 0 aliphatic rings. The van der Waals surface area contributed by atoms with Gasteiger partial charge in [-0.25, -0.2) is 8.42 Å². The summed E-state index contributed by atoms with van der Waals surface area (Å²) in [6.07, 6.45) is -1.14. The molecule has 0 aromatic heterocycles. The summed E-state index contributed by atoms with van der Waals surface area (Å²) in [4.78, 5) is 0.174. The van der Waals surface area contributed by atoms with E-state index in [1.165, 1.54) is 12.1 Å². The molecule has 1 atom stereocenters. The number of ether oxygens (including phenoxy) is 1. The van der Waals surface area contributed by atoms with Crippen molar-refractivity contribution >= 4 is 9.84 Å². The topological polar surface area (TPSA) is 87.4 Å². The lowest BCUT2D eigenvalue weighted by molar-refractivity contribution is 0.125. The van der Waals surface area contributed by atoms with Crippen molar-refractivity contribution in [2.45, 2.75) is 11.0 Å². The summed E-state index contributed by atoms with van der Waals surface area (Å²) in [5, 5.41) is 18.5. The van der Waals surface area contributed by atoms with Crippen LogP contribution in [-0.2, 0) is 9.84 Å². The van der Waals surface area contributed by atoms with Gasteiger partial charge < -0.3 is 9.84 Å². The van der Waals surface area contributed by atoms with Gasteiger partial charge in [-0.1, -0.05) is 18.2 Å². The maximum atomic E-state index is 12.1. The zero-order chi connectivity index (χ0) is 16.0. The lowest BCUT2D eigenvalue weighted by Gasteiger charge is -2.13. The fourth-order valence-electron chi connectivity index (χ4n) is 1.84. The summed E-state index contributed by atoms with van der Waals surface area (Å²) < 4.78 is 29.5. The molecule has 114 valence electrons. The van der Waals surface area contributed by atoms with Gasteiger partial charge in [0.2, 0.25) is 0 Å². The molecular weight excluding hydrogens is 302 g/mol. The fraction of sp³-hybridized carbons (Fsp3) is 0.188. The van der Waals surface area contributed by atoms with Crippen LogP contribution >= 0.6 is 0 Å². The average molecular weight is 317 g/mol. The van der Waals surface area contributed by atoms with Crippen molar-refractivity contribution < 1.29 is 18.3 Å². The van der Waals surface area contributed by atoms with Gasteiger partial charge >= 0.3 is 0 Å². The van der Waals surface area contributed by atoms with Crippen LogP contribution in [0.1, 0.15) is 5.56 Å². The van der Waals surface area contributed by atoms with E-state index in [4.69, 9.17) is 10.00 Å². The van der Waals surface area contributed by atoms with E-state index in [2.05, 4.69) is 0 Å². The van der Waals surface area contributed by atoms with Crippen molar-refractivity contribution in [3.05, 3.63) is 60.2 Å². The Hall–Kier alpha value is -2.36. The first kappa shape index (κ1) is 16.0. The minimum atomic E-state index is -3.55. The molecule has 2 rings (SSSR count). The minimum Gasteiger partial charge on any atom is -0.491 e. The van der Waals surface area contributed by atoms with Crippen molar-refractivity contribution in [2.75, 3.05) is 12.4 Å². The molecule has 1 N–H and O–H groups in total. The SMILES string of the molecule is N#Cc1ccc(OC[C@@H](O)CS(=O)(=O)c2ccccc2)cc1. The smallest absolute Gasteiger partial charge is 0.181 e. The van der Waals surface area contributed by atoms with Gasteiger partial charge in [0.25, 0.3) is 0 Å². The van der Waals surface area contributed by atoms with Crippen LogP contribution in [0.25, 0.3) is 0 Å². The summed E-state index contributed by atoms with van der Waals surface area (Å²) in [6.45, 7) is -0.141. The summed E-state index contributed by atoms with van der Waals surface area (Å²) in [7, 11) is -3.55. The van der Waals surface area contributed by atoms with Crippen LogP contribution in [0.4, 0.5) is 0 Å². The van der Waals surface area contributed by atoms with Gasteiger partial charge in [-0.05, 0) is 36.4 Å². The average Bonchev–Trinajstić information content (AvgIpc) is 2.54. The molecule has 0 aliphatic heterocycles. The Morgan fingerprint density at radius 3 is 2.32 bits per heavy atom. The van der Waals surface area contributed by atoms with Crippen LogP contribution in [0.5, 0.6) is 5.75 Å². The Morgan fingerprint density at radius 1 is 1.09 bits per heavy atom. The van der Waals surface area contributed by atoms with E-state index in [-0.39, 0.29) is 11.5 Å². The van der Waals surface area contributed by atoms with Crippen molar-refractivity contribution in [1.82, 2.24) is 0 Å². The van der Waals surface area contributed by atoms with E-state index in [1.807, 2.05) is 6.07 Å². The number of nitriles is 1. The Balaban J connectivity index is 1.92. The second-order valence-corrected chi connectivity index (χ2v) is 6.73. The Morgan fingerprint density at radius 2 is 1.73 bits per heavy atom. The second kappa shape index (κ2) is 7.07. The first-order valence-electron chi connectivity index (χ1n) is 6.60. The van der Waals surface area contributed by atoms with Gasteiger partial charge in [0.1, 0.15) is 18.5 Å². The number of rotatable bonds is 6. The fourth-order valence-corrected chi connectivity index (χ4v) is 3.21. The molecule has 0 aliphatic carbocycles. The Labute approximate surface area is 129 Å². The molecular formula is C16H15NO4S. The van der Waals surface area contributed by atoms with Gasteiger partial charge in [-0.3, -0.25) is 0 Å². The molecule has 0 spiro atoms. The molecule has 0 fully saturated rings. The molecule has 2 aromatic rings. The lowest BCUT2D eigenvalue weighted by atomic mass is 10.2. The van der Waals surface area contributed by atoms with Gasteiger partial charge in [-0.2, -0.15) is 5.26 Å². The number of sulfone groups is 1. The lowest BCUT2D eigenvalue weighted by Crippen LogP contribution is -2.27. The number of aliphatic hydroxyl groups is 1. The van der Waals surface area contributed by atoms with E-state index in [0.29, 0.717) is 11.3 Å². The van der Waals surface area contributed by atoms with Gasteiger partial charge in [0, 0.05) is 0 Å². The van der Waals surface area contributed by atoms with Crippen LogP contribution < -0.4 is 4.74 Å². The molecule has 0 unspecified atom stereocenters. The third-order valence-electron chi connectivity index (χ3n) is 2.94. The zero-order valence-electron chi connectivity index (χ0n) is 11.7. The molecule has 22 heavy (non-hydrogen) atoms. The summed E-state index contributed by atoms with van der Waals surface area (Å²) in [5.41, 5.74) is 0.500. The highest BCUT2D eigenvalue weighted by Crippen LogP contribution is 2.14. The molecule has 0 heterocycles. The summed E-state index contributed by atoms with van der Waals surface area (Å²) in [6, 6.07) is 16.3. The molecule has 0 radical (unpaired) electrons. The first-order valence-corrected chi connectivity index (χ1v) is 8.25. The Bertz CT molecular complexity index is 749. The predicted octanol–water partition coefficient (Wildman–Crippen LogP) is 1.77. The van der Waals surface area contributed by atoms with E-state index in [0.717, 1.165) is 0 Å². The van der Waals surface area contributed by atoms with Gasteiger partial charge in [-0.15, -0.1) is 0 Å². The number of hydrogen-bond donors (Lipinski definition) is 1. The van der Waals surface area contributed by atoms with Gasteiger partial charge in [0.15, 0.2) is 9.84 Å². The van der Waals surface area contributed by atoms with Crippen molar-refractivity contribution in [2.24, 2.45) is 0 Å². The molecule has 5 nitrogen and oxygen atoms in total. The maximum Gasteiger partial charge on any atom is 0.181 e. The summed E-state index contributed by atoms with van der Waals surface area (Å²) >= 11 is 0. The normalized spacial score (nSPS) is 12.4. The first-order chi connectivity index (χ1) is 10.5. The summed E-state index contributed by atoms with van der Waals surface area (Å²) in [5.74, 6) is 0.0583. The van der Waals surface area contributed by atoms with Crippen LogP contribution in [0.3, 0.4) is 0 Å². The monoisotopic (exact) mass is 317 g/mol. The third-order valence-corrected chi connectivity index (χ3v) is 4.75. The van der Waals surface area contributed by atoms with Crippen molar-refractivity contribution in [3.8, 4) is 11.8 Å². The number of aliphatic hydroxyl groups excluding tert-OH is 1. The van der Waals surface area contributed by atoms with E-state index in [9.17, 15) is 13.5 Å². The number of nitrogens with zero attached hydrogens (tertiary/aromatic N) is 1. The van der Waals surface area contributed by atoms with Crippen LogP contribution in [-0.4, -0.2) is 32.0 Å². The van der Waals surface area contributed by atoms with Crippen LogP contribution in [0.2, 0.25) is 0 Å². The maximum absolute atomic E-state index is 12.1. The minimum absolute atomic E-state index is 0.141. The quantitative estimate of drug-likeness (QED) is 0.877. The Kier molecular flexibility index (Phi) is 5.15. The second-order valence-electron chi connectivity index (χ2n) is 4.70. The van der Waals surface area contributed by atoms with Crippen LogP contribution in [0.15, 0.2) is 59.5 Å². The van der Waals surface area contributed by atoms with E-state index < -0.39 is 21.7 Å². The number of hydrogen-bond acceptors (Lipinski definition) is 5. The third kappa shape index (κ3) is 4.32. The highest BCUT2D eigenvalue weighted by Gasteiger charge is 2.19. The van der Waals surface area contributed by atoms with Crippen LogP contribution in [0, 0.1) is 11.3 Å².